The maximum atomic E-state index is 13.3. The number of carboxylic acids is 1. The maximum Gasteiger partial charge on any atom is 0.326 e. The third-order valence-electron chi connectivity index (χ3n) is 3.63. The van der Waals surface area contributed by atoms with Crippen molar-refractivity contribution in [2.45, 2.75) is 19.9 Å². The fraction of sp³-hybridized carbons (Fsp3) is 0.312. The molecular formula is C16H18FN3O4. The summed E-state index contributed by atoms with van der Waals surface area (Å²) >= 11 is 0. The van der Waals surface area contributed by atoms with E-state index in [4.69, 9.17) is 0 Å². The Bertz CT molecular complexity index is 787. The molecule has 3 N–H and O–H groups in total. The van der Waals surface area contributed by atoms with Crippen LogP contribution in [0.4, 0.5) is 4.39 Å². The number of benzene rings is 1. The van der Waals surface area contributed by atoms with E-state index in [0.29, 0.717) is 10.9 Å². The number of carbonyl (C=O) groups is 3. The van der Waals surface area contributed by atoms with Crippen LogP contribution in [-0.2, 0) is 9.59 Å². The number of hydrogen-bond acceptors (Lipinski definition) is 3. The van der Waals surface area contributed by atoms with E-state index in [0.717, 1.165) is 4.90 Å². The highest BCUT2D eigenvalue weighted by Gasteiger charge is 2.27. The summed E-state index contributed by atoms with van der Waals surface area (Å²) in [6.45, 7) is 2.89. The van der Waals surface area contributed by atoms with Crippen molar-refractivity contribution in [2.75, 3.05) is 13.1 Å². The SMILES string of the molecule is CC(=O)NCCN(C(=O)c1cc2cc(F)ccc2[nH]1)C(C)C(=O)O. The zero-order valence-corrected chi connectivity index (χ0v) is 13.3. The Kier molecular flexibility index (Phi) is 5.18. The van der Waals surface area contributed by atoms with E-state index in [1.807, 2.05) is 0 Å². The predicted molar refractivity (Wildman–Crippen MR) is 85.1 cm³/mol. The molecule has 0 radical (unpaired) electrons. The topological polar surface area (TPSA) is 103 Å². The van der Waals surface area contributed by atoms with Crippen LogP contribution in [0.2, 0.25) is 0 Å². The van der Waals surface area contributed by atoms with Gasteiger partial charge in [0.1, 0.15) is 17.6 Å². The zero-order chi connectivity index (χ0) is 17.9. The lowest BCUT2D eigenvalue weighted by Crippen LogP contribution is -2.46. The third-order valence-corrected chi connectivity index (χ3v) is 3.63. The van der Waals surface area contributed by atoms with E-state index in [1.54, 1.807) is 0 Å². The first-order chi connectivity index (χ1) is 11.3. The minimum Gasteiger partial charge on any atom is -0.480 e. The van der Waals surface area contributed by atoms with Crippen molar-refractivity contribution in [1.29, 1.82) is 0 Å². The molecule has 2 amide bonds. The van der Waals surface area contributed by atoms with Gasteiger partial charge in [-0.1, -0.05) is 0 Å². The van der Waals surface area contributed by atoms with E-state index < -0.39 is 23.7 Å². The van der Waals surface area contributed by atoms with Gasteiger partial charge in [-0.15, -0.1) is 0 Å². The van der Waals surface area contributed by atoms with Crippen molar-refractivity contribution in [1.82, 2.24) is 15.2 Å². The van der Waals surface area contributed by atoms with Crippen molar-refractivity contribution in [3.8, 4) is 0 Å². The molecule has 128 valence electrons. The smallest absolute Gasteiger partial charge is 0.326 e. The van der Waals surface area contributed by atoms with Gasteiger partial charge in [0.15, 0.2) is 0 Å². The van der Waals surface area contributed by atoms with Gasteiger partial charge in [0.2, 0.25) is 5.91 Å². The molecule has 2 aromatic rings. The number of nitrogens with zero attached hydrogens (tertiary/aromatic N) is 1. The average molecular weight is 335 g/mol. The number of fused-ring (bicyclic) bond motifs is 1. The van der Waals surface area contributed by atoms with Gasteiger partial charge in [-0.3, -0.25) is 9.59 Å². The van der Waals surface area contributed by atoms with Crippen LogP contribution in [0.25, 0.3) is 10.9 Å². The summed E-state index contributed by atoms with van der Waals surface area (Å²) in [5, 5.41) is 12.2. The number of aromatic amines is 1. The molecule has 0 saturated heterocycles. The normalized spacial score (nSPS) is 12.0. The molecule has 2 rings (SSSR count). The van der Waals surface area contributed by atoms with Gasteiger partial charge in [0, 0.05) is 30.9 Å². The first-order valence-corrected chi connectivity index (χ1v) is 7.36. The highest BCUT2D eigenvalue weighted by molar-refractivity contribution is 5.99. The molecular weight excluding hydrogens is 317 g/mol. The lowest BCUT2D eigenvalue weighted by Gasteiger charge is -2.26. The maximum absolute atomic E-state index is 13.3. The summed E-state index contributed by atoms with van der Waals surface area (Å²) in [5.74, 6) is -2.39. The van der Waals surface area contributed by atoms with Crippen molar-refractivity contribution in [3.05, 3.63) is 35.8 Å². The number of amides is 2. The summed E-state index contributed by atoms with van der Waals surface area (Å²) in [5.41, 5.74) is 0.732. The van der Waals surface area contributed by atoms with Crippen LogP contribution in [-0.4, -0.2) is 51.9 Å². The Morgan fingerprint density at radius 1 is 1.33 bits per heavy atom. The molecule has 1 atom stereocenters. The molecule has 8 heteroatoms. The van der Waals surface area contributed by atoms with Crippen molar-refractivity contribution in [2.24, 2.45) is 0 Å². The quantitative estimate of drug-likeness (QED) is 0.741. The largest absolute Gasteiger partial charge is 0.480 e. The fourth-order valence-corrected chi connectivity index (χ4v) is 2.33. The summed E-state index contributed by atoms with van der Waals surface area (Å²) in [6, 6.07) is 4.45. The molecule has 0 fully saturated rings. The number of aliphatic carboxylic acids is 1. The predicted octanol–water partition coefficient (Wildman–Crippen LogP) is 1.36. The van der Waals surface area contributed by atoms with Crippen LogP contribution in [0.3, 0.4) is 0 Å². The average Bonchev–Trinajstić information content (AvgIpc) is 2.93. The minimum absolute atomic E-state index is 0.0373. The Morgan fingerprint density at radius 3 is 2.67 bits per heavy atom. The van der Waals surface area contributed by atoms with E-state index >= 15 is 0 Å². The number of H-pyrrole nitrogens is 1. The lowest BCUT2D eigenvalue weighted by molar-refractivity contribution is -0.141. The number of hydrogen-bond donors (Lipinski definition) is 3. The second-order valence-electron chi connectivity index (χ2n) is 5.41. The van der Waals surface area contributed by atoms with E-state index in [9.17, 15) is 23.9 Å². The number of nitrogens with one attached hydrogen (secondary N) is 2. The molecule has 0 saturated carbocycles. The molecule has 24 heavy (non-hydrogen) atoms. The molecule has 1 aromatic carbocycles. The third kappa shape index (κ3) is 3.89. The Labute approximate surface area is 137 Å². The Balaban J connectivity index is 2.26. The highest BCUT2D eigenvalue weighted by atomic mass is 19.1. The monoisotopic (exact) mass is 335 g/mol. The number of rotatable bonds is 6. The minimum atomic E-state index is -1.16. The second-order valence-corrected chi connectivity index (χ2v) is 5.41. The molecule has 0 bridgehead atoms. The van der Waals surface area contributed by atoms with Crippen LogP contribution >= 0.6 is 0 Å². The zero-order valence-electron chi connectivity index (χ0n) is 13.3. The molecule has 0 aliphatic carbocycles. The van der Waals surface area contributed by atoms with E-state index in [1.165, 1.54) is 38.1 Å². The number of carboxylic acid groups (broad SMARTS) is 1. The van der Waals surface area contributed by atoms with Gasteiger partial charge < -0.3 is 20.3 Å². The Hall–Kier alpha value is -2.90. The van der Waals surface area contributed by atoms with E-state index in [-0.39, 0.29) is 24.7 Å². The standard InChI is InChI=1S/C16H18FN3O4/c1-9(16(23)24)20(6-5-18-10(2)21)15(22)14-8-11-7-12(17)3-4-13(11)19-14/h3-4,7-9,19H,5-6H2,1-2H3,(H,18,21)(H,23,24). The summed E-state index contributed by atoms with van der Waals surface area (Å²) in [7, 11) is 0. The highest BCUT2D eigenvalue weighted by Crippen LogP contribution is 2.18. The van der Waals surface area contributed by atoms with E-state index in [2.05, 4.69) is 10.3 Å². The van der Waals surface area contributed by atoms with Gasteiger partial charge in [0.25, 0.3) is 5.91 Å². The van der Waals surface area contributed by atoms with Gasteiger partial charge >= 0.3 is 5.97 Å². The van der Waals surface area contributed by atoms with Crippen LogP contribution in [0.1, 0.15) is 24.3 Å². The second kappa shape index (κ2) is 7.12. The van der Waals surface area contributed by atoms with Gasteiger partial charge in [-0.05, 0) is 31.2 Å². The fourth-order valence-electron chi connectivity index (χ4n) is 2.33. The number of aromatic nitrogens is 1. The molecule has 1 aromatic heterocycles. The summed E-state index contributed by atoms with van der Waals surface area (Å²) < 4.78 is 13.3. The first-order valence-electron chi connectivity index (χ1n) is 7.36. The van der Waals surface area contributed by atoms with Gasteiger partial charge in [-0.2, -0.15) is 0 Å². The number of halogens is 1. The van der Waals surface area contributed by atoms with Crippen molar-refractivity contribution in [3.63, 3.8) is 0 Å². The van der Waals surface area contributed by atoms with Crippen LogP contribution in [0, 0.1) is 5.82 Å². The van der Waals surface area contributed by atoms with Crippen LogP contribution in [0.5, 0.6) is 0 Å². The van der Waals surface area contributed by atoms with Crippen LogP contribution in [0.15, 0.2) is 24.3 Å². The molecule has 0 aliphatic rings. The molecule has 7 nitrogen and oxygen atoms in total. The van der Waals surface area contributed by atoms with Crippen molar-refractivity contribution >= 4 is 28.7 Å². The molecule has 0 aliphatic heterocycles. The molecule has 1 heterocycles. The van der Waals surface area contributed by atoms with Gasteiger partial charge in [-0.25, -0.2) is 9.18 Å². The number of carbonyl (C=O) groups excluding carboxylic acids is 2. The molecule has 0 spiro atoms. The summed E-state index contributed by atoms with van der Waals surface area (Å²) in [6.07, 6.45) is 0. The Morgan fingerprint density at radius 2 is 2.04 bits per heavy atom. The molecule has 1 unspecified atom stereocenters. The summed E-state index contributed by atoms with van der Waals surface area (Å²) in [4.78, 5) is 38.8. The van der Waals surface area contributed by atoms with Crippen LogP contribution < -0.4 is 5.32 Å². The first kappa shape index (κ1) is 17.5. The lowest BCUT2D eigenvalue weighted by atomic mass is 10.2. The van der Waals surface area contributed by atoms with Gasteiger partial charge in [0.05, 0.1) is 0 Å². The van der Waals surface area contributed by atoms with Crippen molar-refractivity contribution < 1.29 is 23.9 Å².